The number of carboxylic acids is 1. The van der Waals surface area contributed by atoms with Crippen LogP contribution in [0.15, 0.2) is 30.0 Å². The molecule has 1 aliphatic rings. The van der Waals surface area contributed by atoms with E-state index in [2.05, 4.69) is 39.1 Å². The quantitative estimate of drug-likeness (QED) is 0.565. The molecule has 2 rings (SSSR count). The van der Waals surface area contributed by atoms with Gasteiger partial charge in [0.25, 0.3) is 0 Å². The molecular weight excluding hydrogens is 388 g/mol. The number of rotatable bonds is 8. The maximum Gasteiger partial charge on any atom is 0.322 e. The number of carbonyl (C=O) groups excluding carboxylic acids is 1. The van der Waals surface area contributed by atoms with Gasteiger partial charge in [-0.25, -0.2) is 4.79 Å². The van der Waals surface area contributed by atoms with Gasteiger partial charge in [0.2, 0.25) is 0 Å². The number of aryl methyl sites for hydroxylation is 1. The Morgan fingerprint density at radius 2 is 2.00 bits per heavy atom. The zero-order valence-electron chi connectivity index (χ0n) is 18.1. The molecule has 0 aromatic heterocycles. The van der Waals surface area contributed by atoms with Crippen molar-refractivity contribution < 1.29 is 14.7 Å². The molecule has 160 valence electrons. The highest BCUT2D eigenvalue weighted by molar-refractivity contribution is 6.31. The summed E-state index contributed by atoms with van der Waals surface area (Å²) in [6.07, 6.45) is 5.05. The maximum atomic E-state index is 12.7. The Balaban J connectivity index is 2.24. The van der Waals surface area contributed by atoms with Gasteiger partial charge in [-0.1, -0.05) is 51.4 Å². The molecule has 29 heavy (non-hydrogen) atoms. The largest absolute Gasteiger partial charge is 0.481 e. The van der Waals surface area contributed by atoms with Crippen molar-refractivity contribution in [2.75, 3.05) is 6.54 Å². The molecule has 2 amide bonds. The molecule has 1 heterocycles. The number of nitrogens with one attached hydrogen (secondary N) is 1. The summed E-state index contributed by atoms with van der Waals surface area (Å²) in [4.78, 5) is 25.0. The van der Waals surface area contributed by atoms with Gasteiger partial charge < -0.3 is 15.3 Å². The van der Waals surface area contributed by atoms with Gasteiger partial charge in [0.05, 0.1) is 5.54 Å². The van der Waals surface area contributed by atoms with Crippen LogP contribution >= 0.6 is 11.6 Å². The fourth-order valence-electron chi connectivity index (χ4n) is 3.58. The number of carboxylic acid groups (broad SMARTS) is 1. The molecule has 0 aliphatic carbocycles. The first-order valence-corrected chi connectivity index (χ1v) is 10.6. The summed E-state index contributed by atoms with van der Waals surface area (Å²) in [6.45, 7) is 11.1. The minimum absolute atomic E-state index is 0.0436. The summed E-state index contributed by atoms with van der Waals surface area (Å²) >= 11 is 6.60. The van der Waals surface area contributed by atoms with E-state index < -0.39 is 11.5 Å². The molecule has 1 aromatic rings. The normalized spacial score (nSPS) is 19.7. The molecule has 2 N–H and O–H groups in total. The molecule has 0 radical (unpaired) electrons. The molecule has 0 fully saturated rings. The molecule has 1 aliphatic heterocycles. The van der Waals surface area contributed by atoms with Crippen LogP contribution in [0.1, 0.15) is 71.4 Å². The van der Waals surface area contributed by atoms with E-state index in [0.29, 0.717) is 13.0 Å². The molecule has 5 nitrogen and oxygen atoms in total. The molecular formula is C23H33ClN2O3. The number of benzene rings is 1. The predicted octanol–water partition coefficient (Wildman–Crippen LogP) is 5.72. The van der Waals surface area contributed by atoms with Crippen molar-refractivity contribution in [2.24, 2.45) is 5.41 Å². The van der Waals surface area contributed by atoms with Gasteiger partial charge in [-0.15, -0.1) is 0 Å². The van der Waals surface area contributed by atoms with Gasteiger partial charge >= 0.3 is 12.0 Å². The summed E-state index contributed by atoms with van der Waals surface area (Å²) in [6, 6.07) is 5.85. The highest BCUT2D eigenvalue weighted by Crippen LogP contribution is 2.37. The van der Waals surface area contributed by atoms with Gasteiger partial charge in [-0.2, -0.15) is 0 Å². The highest BCUT2D eigenvalue weighted by Gasteiger charge is 2.37. The minimum atomic E-state index is -0.854. The first kappa shape index (κ1) is 23.3. The summed E-state index contributed by atoms with van der Waals surface area (Å²) in [5.74, 6) is -0.854. The minimum Gasteiger partial charge on any atom is -0.481 e. The zero-order chi connectivity index (χ0) is 21.8. The van der Waals surface area contributed by atoms with Gasteiger partial charge in [-0.3, -0.25) is 4.79 Å². The summed E-state index contributed by atoms with van der Waals surface area (Å²) in [7, 11) is 0. The lowest BCUT2D eigenvalue weighted by Gasteiger charge is -2.40. The standard InChI is InChI=1S/C23H33ClN2O3/c1-6-17-15-26(13-7-8-20(27)28)21(29)25-23(17,5)18-10-9-16(19(24)14-18)11-12-22(2,3)4/h9-10,14-15H,6-8,11-13H2,1-5H3,(H,25,29)(H,27,28)/t23-/m1/s1. The second-order valence-electron chi connectivity index (χ2n) is 9.12. The number of carbonyl (C=O) groups is 2. The number of urea groups is 1. The van der Waals surface area contributed by atoms with Crippen molar-refractivity contribution in [3.8, 4) is 0 Å². The number of nitrogens with zero attached hydrogens (tertiary/aromatic N) is 1. The van der Waals surface area contributed by atoms with E-state index in [1.165, 1.54) is 0 Å². The van der Waals surface area contributed by atoms with Crippen LogP contribution in [0.25, 0.3) is 0 Å². The molecule has 0 unspecified atom stereocenters. The lowest BCUT2D eigenvalue weighted by atomic mass is 9.81. The Morgan fingerprint density at radius 1 is 1.31 bits per heavy atom. The molecule has 6 heteroatoms. The second-order valence-corrected chi connectivity index (χ2v) is 9.53. The molecule has 1 atom stereocenters. The van der Waals surface area contributed by atoms with Gasteiger partial charge in [-0.05, 0) is 60.8 Å². The van der Waals surface area contributed by atoms with Gasteiger partial charge in [0, 0.05) is 24.2 Å². The van der Waals surface area contributed by atoms with E-state index in [0.717, 1.165) is 41.0 Å². The van der Waals surface area contributed by atoms with Crippen LogP contribution in [0, 0.1) is 5.41 Å². The Kier molecular flexibility index (Phi) is 7.39. The number of aliphatic carboxylic acids is 1. The Morgan fingerprint density at radius 3 is 2.55 bits per heavy atom. The van der Waals surface area contributed by atoms with Crippen molar-refractivity contribution in [3.05, 3.63) is 46.1 Å². The Hall–Kier alpha value is -2.01. The van der Waals surface area contributed by atoms with E-state index in [9.17, 15) is 9.59 Å². The van der Waals surface area contributed by atoms with Crippen molar-refractivity contribution in [3.63, 3.8) is 0 Å². The number of amides is 2. The van der Waals surface area contributed by atoms with Crippen LogP contribution in [-0.2, 0) is 16.8 Å². The first-order valence-electron chi connectivity index (χ1n) is 10.3. The average molecular weight is 421 g/mol. The smallest absolute Gasteiger partial charge is 0.322 e. The van der Waals surface area contributed by atoms with Crippen molar-refractivity contribution in [1.29, 1.82) is 0 Å². The van der Waals surface area contributed by atoms with Crippen molar-refractivity contribution in [1.82, 2.24) is 10.2 Å². The van der Waals surface area contributed by atoms with Gasteiger partial charge in [0.1, 0.15) is 0 Å². The molecule has 1 aromatic carbocycles. The van der Waals surface area contributed by atoms with E-state index in [1.807, 2.05) is 25.3 Å². The molecule has 0 bridgehead atoms. The van der Waals surface area contributed by atoms with E-state index in [1.54, 1.807) is 4.90 Å². The first-order chi connectivity index (χ1) is 13.5. The van der Waals surface area contributed by atoms with Crippen LogP contribution < -0.4 is 5.32 Å². The Bertz CT molecular complexity index is 798. The van der Waals surface area contributed by atoms with E-state index in [4.69, 9.17) is 16.7 Å². The SMILES string of the molecule is CCC1=CN(CCCC(=O)O)C(=O)N[C@@]1(C)c1ccc(CCC(C)(C)C)c(Cl)c1. The van der Waals surface area contributed by atoms with Crippen LogP contribution in [0.3, 0.4) is 0 Å². The van der Waals surface area contributed by atoms with Gasteiger partial charge in [0.15, 0.2) is 0 Å². The van der Waals surface area contributed by atoms with Crippen LogP contribution in [0.5, 0.6) is 0 Å². The van der Waals surface area contributed by atoms with E-state index >= 15 is 0 Å². The topological polar surface area (TPSA) is 69.6 Å². The van der Waals surface area contributed by atoms with Crippen LogP contribution in [0.4, 0.5) is 4.79 Å². The van der Waals surface area contributed by atoms with Crippen molar-refractivity contribution >= 4 is 23.6 Å². The zero-order valence-corrected chi connectivity index (χ0v) is 18.9. The second kappa shape index (κ2) is 9.21. The third-order valence-corrected chi connectivity index (χ3v) is 5.87. The van der Waals surface area contributed by atoms with Crippen LogP contribution in [-0.4, -0.2) is 28.6 Å². The predicted molar refractivity (Wildman–Crippen MR) is 117 cm³/mol. The van der Waals surface area contributed by atoms with E-state index in [-0.39, 0.29) is 17.9 Å². The van der Waals surface area contributed by atoms with Crippen LogP contribution in [0.2, 0.25) is 5.02 Å². The Labute approximate surface area is 179 Å². The fraction of sp³-hybridized carbons (Fsp3) is 0.565. The lowest BCUT2D eigenvalue weighted by molar-refractivity contribution is -0.137. The third kappa shape index (κ3) is 5.99. The summed E-state index contributed by atoms with van der Waals surface area (Å²) < 4.78 is 0. The summed E-state index contributed by atoms with van der Waals surface area (Å²) in [5, 5.41) is 12.7. The average Bonchev–Trinajstić information content (AvgIpc) is 2.61. The number of hydrogen-bond acceptors (Lipinski definition) is 2. The summed E-state index contributed by atoms with van der Waals surface area (Å²) in [5.41, 5.74) is 2.74. The molecule has 0 spiro atoms. The van der Waals surface area contributed by atoms with Crippen molar-refractivity contribution in [2.45, 2.75) is 72.3 Å². The highest BCUT2D eigenvalue weighted by atomic mass is 35.5. The third-order valence-electron chi connectivity index (χ3n) is 5.52. The monoisotopic (exact) mass is 420 g/mol. The molecule has 0 saturated carbocycles. The number of halogens is 1. The maximum absolute atomic E-state index is 12.7. The lowest BCUT2D eigenvalue weighted by Crippen LogP contribution is -2.53. The molecule has 0 saturated heterocycles. The fourth-order valence-corrected chi connectivity index (χ4v) is 3.86. The number of hydrogen-bond donors (Lipinski definition) is 2.